The fraction of sp³-hybridized carbons (Fsp3) is 0.250. The lowest BCUT2D eigenvalue weighted by Gasteiger charge is -2.09. The molecule has 0 radical (unpaired) electrons. The molecule has 1 aromatic rings. The van der Waals surface area contributed by atoms with Gasteiger partial charge in [-0.15, -0.1) is 6.58 Å². The molecule has 0 fully saturated rings. The van der Waals surface area contributed by atoms with Gasteiger partial charge in [0.25, 0.3) is 0 Å². The number of carbonyl (C=O) groups excluding carboxylic acids is 1. The molecule has 0 aliphatic carbocycles. The largest absolute Gasteiger partial charge is 0.466 e. The van der Waals surface area contributed by atoms with E-state index >= 15 is 0 Å². The maximum absolute atomic E-state index is 11.8. The third kappa shape index (κ3) is 5.85. The number of hydrogen-bond donors (Lipinski definition) is 0. The van der Waals surface area contributed by atoms with Crippen LogP contribution in [0.5, 0.6) is 0 Å². The average Bonchev–Trinajstić information content (AvgIpc) is 2.48. The van der Waals surface area contributed by atoms with Crippen molar-refractivity contribution in [2.45, 2.75) is 26.7 Å². The topological polar surface area (TPSA) is 26.3 Å². The first-order valence-corrected chi connectivity index (χ1v) is 7.30. The summed E-state index contributed by atoms with van der Waals surface area (Å²) in [6.07, 6.45) is 2.57. The van der Waals surface area contributed by atoms with Crippen LogP contribution in [0, 0.1) is 11.8 Å². The van der Waals surface area contributed by atoms with E-state index in [4.69, 9.17) is 4.74 Å². The van der Waals surface area contributed by atoms with Crippen molar-refractivity contribution in [3.8, 4) is 11.8 Å². The number of allylic oxidation sites excluding steroid dienone is 3. The molecular weight excluding hydrogens is 272 g/mol. The summed E-state index contributed by atoms with van der Waals surface area (Å²) in [6, 6.07) is 9.72. The SMILES string of the molecule is C=CC/C(CC(=O)OCC)=C(/C#Cc1ccccc1)C(=C)C. The standard InChI is InChI=1S/C20H22O2/c1-5-10-18(15-20(21)22-6-2)19(16(3)4)14-13-17-11-8-7-9-12-17/h5,7-9,11-12H,1,3,6,10,15H2,2,4H3/b19-18+. The monoisotopic (exact) mass is 294 g/mol. The summed E-state index contributed by atoms with van der Waals surface area (Å²) in [5.41, 5.74) is 3.46. The molecule has 2 heteroatoms. The molecule has 0 bridgehead atoms. The predicted molar refractivity (Wildman–Crippen MR) is 91.2 cm³/mol. The number of ether oxygens (including phenoxy) is 1. The molecule has 114 valence electrons. The summed E-state index contributed by atoms with van der Waals surface area (Å²) in [7, 11) is 0. The molecule has 1 aromatic carbocycles. The highest BCUT2D eigenvalue weighted by Crippen LogP contribution is 2.20. The van der Waals surface area contributed by atoms with E-state index in [0.29, 0.717) is 13.0 Å². The molecule has 0 spiro atoms. The first-order valence-electron chi connectivity index (χ1n) is 7.30. The molecule has 0 amide bonds. The first kappa shape index (κ1) is 17.5. The number of hydrogen-bond acceptors (Lipinski definition) is 2. The van der Waals surface area contributed by atoms with Gasteiger partial charge in [0.05, 0.1) is 13.0 Å². The zero-order valence-corrected chi connectivity index (χ0v) is 13.3. The van der Waals surface area contributed by atoms with Gasteiger partial charge in [0.1, 0.15) is 0 Å². The summed E-state index contributed by atoms with van der Waals surface area (Å²) in [6.45, 7) is 11.8. The lowest BCUT2D eigenvalue weighted by Crippen LogP contribution is -2.06. The second-order valence-corrected chi connectivity index (χ2v) is 4.85. The highest BCUT2D eigenvalue weighted by Gasteiger charge is 2.11. The van der Waals surface area contributed by atoms with E-state index in [0.717, 1.165) is 22.3 Å². The molecular formula is C20H22O2. The minimum absolute atomic E-state index is 0.214. The van der Waals surface area contributed by atoms with Crippen molar-refractivity contribution in [2.24, 2.45) is 0 Å². The third-order valence-corrected chi connectivity index (χ3v) is 2.94. The van der Waals surface area contributed by atoms with Gasteiger partial charge in [-0.2, -0.15) is 0 Å². The molecule has 0 unspecified atom stereocenters. The third-order valence-electron chi connectivity index (χ3n) is 2.94. The Morgan fingerprint density at radius 3 is 2.55 bits per heavy atom. The maximum Gasteiger partial charge on any atom is 0.309 e. The summed E-state index contributed by atoms with van der Waals surface area (Å²) < 4.78 is 5.03. The van der Waals surface area contributed by atoms with E-state index in [2.05, 4.69) is 25.0 Å². The van der Waals surface area contributed by atoms with Crippen molar-refractivity contribution < 1.29 is 9.53 Å². The smallest absolute Gasteiger partial charge is 0.309 e. The van der Waals surface area contributed by atoms with Crippen LogP contribution in [-0.4, -0.2) is 12.6 Å². The Labute approximate surface area is 133 Å². The van der Waals surface area contributed by atoms with Gasteiger partial charge >= 0.3 is 5.97 Å². The molecule has 0 heterocycles. The van der Waals surface area contributed by atoms with Crippen molar-refractivity contribution in [3.05, 3.63) is 71.8 Å². The van der Waals surface area contributed by atoms with Crippen LogP contribution in [0.4, 0.5) is 0 Å². The minimum Gasteiger partial charge on any atom is -0.466 e. The molecule has 0 aliphatic heterocycles. The van der Waals surface area contributed by atoms with Gasteiger partial charge in [-0.05, 0) is 43.5 Å². The van der Waals surface area contributed by atoms with Crippen LogP contribution in [0.25, 0.3) is 0 Å². The zero-order valence-electron chi connectivity index (χ0n) is 13.3. The van der Waals surface area contributed by atoms with Crippen LogP contribution >= 0.6 is 0 Å². The molecule has 0 N–H and O–H groups in total. The van der Waals surface area contributed by atoms with Gasteiger partial charge in [-0.3, -0.25) is 4.79 Å². The van der Waals surface area contributed by atoms with E-state index in [1.807, 2.05) is 37.3 Å². The van der Waals surface area contributed by atoms with E-state index in [9.17, 15) is 4.79 Å². The van der Waals surface area contributed by atoms with Gasteiger partial charge in [-0.25, -0.2) is 0 Å². The van der Waals surface area contributed by atoms with Gasteiger partial charge in [0.2, 0.25) is 0 Å². The molecule has 22 heavy (non-hydrogen) atoms. The van der Waals surface area contributed by atoms with E-state index in [1.54, 1.807) is 13.0 Å². The molecule has 0 atom stereocenters. The van der Waals surface area contributed by atoms with E-state index in [-0.39, 0.29) is 12.4 Å². The molecule has 0 saturated heterocycles. The summed E-state index contributed by atoms with van der Waals surface area (Å²) in [5, 5.41) is 0. The van der Waals surface area contributed by atoms with Crippen molar-refractivity contribution in [1.29, 1.82) is 0 Å². The number of rotatable bonds is 6. The molecule has 1 rings (SSSR count). The Kier molecular flexibility index (Phi) is 7.50. The molecule has 0 aliphatic rings. The zero-order chi connectivity index (χ0) is 16.4. The highest BCUT2D eigenvalue weighted by molar-refractivity contribution is 5.74. The van der Waals surface area contributed by atoms with Gasteiger partial charge in [-0.1, -0.05) is 42.7 Å². The Morgan fingerprint density at radius 2 is 2.00 bits per heavy atom. The highest BCUT2D eigenvalue weighted by atomic mass is 16.5. The quantitative estimate of drug-likeness (QED) is 0.335. The van der Waals surface area contributed by atoms with Gasteiger partial charge in [0.15, 0.2) is 0 Å². The Hall–Kier alpha value is -2.53. The Bertz CT molecular complexity index is 625. The molecule has 0 aromatic heterocycles. The van der Waals surface area contributed by atoms with Crippen LogP contribution in [0.15, 0.2) is 66.3 Å². The fourth-order valence-electron chi connectivity index (χ4n) is 1.98. The van der Waals surface area contributed by atoms with Crippen molar-refractivity contribution in [2.75, 3.05) is 6.61 Å². The second-order valence-electron chi connectivity index (χ2n) is 4.85. The number of carbonyl (C=O) groups is 1. The van der Waals surface area contributed by atoms with Gasteiger partial charge < -0.3 is 4.74 Å². The maximum atomic E-state index is 11.8. The molecule has 2 nitrogen and oxygen atoms in total. The van der Waals surface area contributed by atoms with Crippen LogP contribution in [0.1, 0.15) is 32.3 Å². The predicted octanol–water partition coefficient (Wildman–Crippen LogP) is 4.44. The Balaban J connectivity index is 3.15. The van der Waals surface area contributed by atoms with Crippen LogP contribution in [0.3, 0.4) is 0 Å². The lowest BCUT2D eigenvalue weighted by molar-refractivity contribution is -0.142. The first-order chi connectivity index (χ1) is 10.6. The lowest BCUT2D eigenvalue weighted by atomic mass is 9.97. The summed E-state index contributed by atoms with van der Waals surface area (Å²) >= 11 is 0. The summed E-state index contributed by atoms with van der Waals surface area (Å²) in [5.74, 6) is 6.01. The van der Waals surface area contributed by atoms with Crippen molar-refractivity contribution >= 4 is 5.97 Å². The van der Waals surface area contributed by atoms with Gasteiger partial charge in [0, 0.05) is 11.1 Å². The van der Waals surface area contributed by atoms with Crippen LogP contribution < -0.4 is 0 Å². The minimum atomic E-state index is -0.250. The van der Waals surface area contributed by atoms with Crippen LogP contribution in [-0.2, 0) is 9.53 Å². The van der Waals surface area contributed by atoms with Crippen LogP contribution in [0.2, 0.25) is 0 Å². The van der Waals surface area contributed by atoms with Crippen molar-refractivity contribution in [3.63, 3.8) is 0 Å². The summed E-state index contributed by atoms with van der Waals surface area (Å²) in [4.78, 5) is 11.8. The fourth-order valence-corrected chi connectivity index (χ4v) is 1.98. The number of benzene rings is 1. The van der Waals surface area contributed by atoms with E-state index < -0.39 is 0 Å². The number of esters is 1. The normalized spacial score (nSPS) is 10.8. The second kappa shape index (κ2) is 9.41. The van der Waals surface area contributed by atoms with E-state index in [1.165, 1.54) is 0 Å². The Morgan fingerprint density at radius 1 is 1.32 bits per heavy atom. The van der Waals surface area contributed by atoms with Crippen molar-refractivity contribution in [1.82, 2.24) is 0 Å². The average molecular weight is 294 g/mol. The molecule has 0 saturated carbocycles.